The van der Waals surface area contributed by atoms with Crippen LogP contribution in [-0.4, -0.2) is 54.6 Å². The van der Waals surface area contributed by atoms with E-state index in [-0.39, 0.29) is 23.7 Å². The van der Waals surface area contributed by atoms with E-state index in [0.29, 0.717) is 0 Å². The Balaban J connectivity index is 2.12. The van der Waals surface area contributed by atoms with Gasteiger partial charge in [-0.2, -0.15) is 0 Å². The number of nitrogens with zero attached hydrogens (tertiary/aromatic N) is 1. The fourth-order valence-electron chi connectivity index (χ4n) is 2.16. The largest absolute Gasteiger partial charge is 0.480 e. The predicted octanol–water partition coefficient (Wildman–Crippen LogP) is 0.759. The van der Waals surface area contributed by atoms with E-state index in [1.165, 1.54) is 0 Å². The molecule has 1 amide bonds. The monoisotopic (exact) mass is 313 g/mol. The van der Waals surface area contributed by atoms with E-state index in [0.717, 1.165) is 4.90 Å². The summed E-state index contributed by atoms with van der Waals surface area (Å²) in [4.78, 5) is 23.9. The minimum atomic E-state index is -3.23. The number of ether oxygens (including phenoxy) is 1. The van der Waals surface area contributed by atoms with Gasteiger partial charge in [0.05, 0.1) is 17.5 Å². The van der Waals surface area contributed by atoms with Crippen molar-refractivity contribution in [3.63, 3.8) is 0 Å². The van der Waals surface area contributed by atoms with Crippen molar-refractivity contribution in [2.24, 2.45) is 0 Å². The van der Waals surface area contributed by atoms with Crippen molar-refractivity contribution in [3.05, 3.63) is 30.3 Å². The van der Waals surface area contributed by atoms with Crippen molar-refractivity contribution in [1.82, 2.24) is 4.90 Å². The molecular weight excluding hydrogens is 298 g/mol. The van der Waals surface area contributed by atoms with E-state index < -0.39 is 34.5 Å². The number of carboxylic acid groups (broad SMARTS) is 1. The number of aliphatic carboxylic acids is 1. The normalized spacial score (nSPS) is 19.9. The summed E-state index contributed by atoms with van der Waals surface area (Å²) >= 11 is 0. The molecular formula is C13H15NO6S. The molecule has 1 saturated heterocycles. The van der Waals surface area contributed by atoms with Gasteiger partial charge in [0, 0.05) is 0 Å². The van der Waals surface area contributed by atoms with Crippen LogP contribution in [0.3, 0.4) is 0 Å². The molecule has 1 heterocycles. The number of hydrogen-bond donors (Lipinski definition) is 1. The number of carbonyl (C=O) groups is 2. The highest BCUT2D eigenvalue weighted by atomic mass is 32.2. The van der Waals surface area contributed by atoms with E-state index >= 15 is 0 Å². The fourth-order valence-corrected chi connectivity index (χ4v) is 3.89. The van der Waals surface area contributed by atoms with Crippen LogP contribution in [0.4, 0.5) is 4.79 Å². The van der Waals surface area contributed by atoms with Crippen LogP contribution in [-0.2, 0) is 14.6 Å². The van der Waals surface area contributed by atoms with E-state index in [1.807, 2.05) is 0 Å². The molecule has 1 aliphatic heterocycles. The second-order valence-corrected chi connectivity index (χ2v) is 6.99. The molecule has 1 N–H and O–H groups in total. The number of amides is 1. The van der Waals surface area contributed by atoms with Crippen molar-refractivity contribution >= 4 is 21.9 Å². The summed E-state index contributed by atoms with van der Waals surface area (Å²) in [5, 5.41) is 8.89. The van der Waals surface area contributed by atoms with Crippen LogP contribution in [0.1, 0.15) is 6.42 Å². The van der Waals surface area contributed by atoms with Gasteiger partial charge in [0.25, 0.3) is 0 Å². The SMILES string of the molecule is O=C(O)CN(C(=O)Oc1ccccc1)C1CCS(=O)(=O)C1. The molecule has 1 atom stereocenters. The third kappa shape index (κ3) is 4.19. The molecule has 0 radical (unpaired) electrons. The average molecular weight is 313 g/mol. The van der Waals surface area contributed by atoms with Crippen LogP contribution in [0, 0.1) is 0 Å². The lowest BCUT2D eigenvalue weighted by Gasteiger charge is -2.25. The first-order valence-corrected chi connectivity index (χ1v) is 8.15. The Kier molecular flexibility index (Phi) is 4.46. The van der Waals surface area contributed by atoms with Gasteiger partial charge in [0.15, 0.2) is 9.84 Å². The lowest BCUT2D eigenvalue weighted by Crippen LogP contribution is -2.45. The lowest BCUT2D eigenvalue weighted by molar-refractivity contribution is -0.138. The number of sulfone groups is 1. The van der Waals surface area contributed by atoms with Gasteiger partial charge in [-0.1, -0.05) is 18.2 Å². The zero-order chi connectivity index (χ0) is 15.5. The Morgan fingerprint density at radius 2 is 1.95 bits per heavy atom. The summed E-state index contributed by atoms with van der Waals surface area (Å²) in [7, 11) is -3.23. The van der Waals surface area contributed by atoms with E-state index in [2.05, 4.69) is 0 Å². The van der Waals surface area contributed by atoms with Crippen LogP contribution in [0.2, 0.25) is 0 Å². The smallest absolute Gasteiger partial charge is 0.416 e. The summed E-state index contributed by atoms with van der Waals surface area (Å²) in [6, 6.07) is 7.54. The van der Waals surface area contributed by atoms with Gasteiger partial charge < -0.3 is 9.84 Å². The van der Waals surface area contributed by atoms with Crippen LogP contribution < -0.4 is 4.74 Å². The Labute approximate surface area is 122 Å². The van der Waals surface area contributed by atoms with Gasteiger partial charge in [-0.15, -0.1) is 0 Å². The minimum absolute atomic E-state index is 0.0492. The van der Waals surface area contributed by atoms with E-state index in [4.69, 9.17) is 9.84 Å². The molecule has 0 bridgehead atoms. The Morgan fingerprint density at radius 1 is 1.29 bits per heavy atom. The Morgan fingerprint density at radius 3 is 2.48 bits per heavy atom. The lowest BCUT2D eigenvalue weighted by atomic mass is 10.2. The Hall–Kier alpha value is -2.09. The summed E-state index contributed by atoms with van der Waals surface area (Å²) in [6.45, 7) is -0.591. The fraction of sp³-hybridized carbons (Fsp3) is 0.385. The number of carbonyl (C=O) groups excluding carboxylic acids is 1. The summed E-state index contributed by atoms with van der Waals surface area (Å²) in [5.41, 5.74) is 0. The molecule has 1 fully saturated rings. The third-order valence-electron chi connectivity index (χ3n) is 3.14. The second-order valence-electron chi connectivity index (χ2n) is 4.76. The van der Waals surface area contributed by atoms with Crippen molar-refractivity contribution in [2.45, 2.75) is 12.5 Å². The number of benzene rings is 1. The highest BCUT2D eigenvalue weighted by molar-refractivity contribution is 7.91. The molecule has 1 aliphatic rings. The first-order valence-electron chi connectivity index (χ1n) is 6.33. The molecule has 2 rings (SSSR count). The van der Waals surface area contributed by atoms with Gasteiger partial charge in [-0.05, 0) is 18.6 Å². The molecule has 0 spiro atoms. The minimum Gasteiger partial charge on any atom is -0.480 e. The molecule has 0 saturated carbocycles. The van der Waals surface area contributed by atoms with Crippen molar-refractivity contribution in [2.75, 3.05) is 18.1 Å². The molecule has 1 aromatic rings. The third-order valence-corrected chi connectivity index (χ3v) is 4.89. The summed E-state index contributed by atoms with van der Waals surface area (Å²) < 4.78 is 28.1. The average Bonchev–Trinajstić information content (AvgIpc) is 2.77. The molecule has 1 aromatic carbocycles. The summed E-state index contributed by atoms with van der Waals surface area (Å²) in [6.07, 6.45) is -0.634. The van der Waals surface area contributed by atoms with Gasteiger partial charge in [0.1, 0.15) is 12.3 Å². The molecule has 0 aliphatic carbocycles. The van der Waals surface area contributed by atoms with E-state index in [1.54, 1.807) is 30.3 Å². The zero-order valence-corrected chi connectivity index (χ0v) is 12.0. The van der Waals surface area contributed by atoms with Gasteiger partial charge in [0.2, 0.25) is 0 Å². The molecule has 8 heteroatoms. The summed E-state index contributed by atoms with van der Waals surface area (Å²) in [5.74, 6) is -1.22. The predicted molar refractivity (Wildman–Crippen MR) is 73.9 cm³/mol. The van der Waals surface area contributed by atoms with Gasteiger partial charge in [-0.25, -0.2) is 13.2 Å². The van der Waals surface area contributed by atoms with Crippen LogP contribution in [0.5, 0.6) is 5.75 Å². The van der Waals surface area contributed by atoms with Crippen LogP contribution >= 0.6 is 0 Å². The van der Waals surface area contributed by atoms with Crippen LogP contribution in [0.25, 0.3) is 0 Å². The maximum Gasteiger partial charge on any atom is 0.416 e. The molecule has 21 heavy (non-hydrogen) atoms. The maximum atomic E-state index is 12.1. The van der Waals surface area contributed by atoms with Crippen LogP contribution in [0.15, 0.2) is 30.3 Å². The molecule has 7 nitrogen and oxygen atoms in total. The van der Waals surface area contributed by atoms with Gasteiger partial charge >= 0.3 is 12.1 Å². The topological polar surface area (TPSA) is 101 Å². The van der Waals surface area contributed by atoms with E-state index in [9.17, 15) is 18.0 Å². The quantitative estimate of drug-likeness (QED) is 0.880. The standard InChI is InChI=1S/C13H15NO6S/c15-12(16)8-14(10-6-7-21(18,19)9-10)13(17)20-11-4-2-1-3-5-11/h1-5,10H,6-9H2,(H,15,16). The number of para-hydroxylation sites is 1. The zero-order valence-electron chi connectivity index (χ0n) is 11.1. The molecule has 1 unspecified atom stereocenters. The highest BCUT2D eigenvalue weighted by Gasteiger charge is 2.36. The maximum absolute atomic E-state index is 12.1. The molecule has 0 aromatic heterocycles. The van der Waals surface area contributed by atoms with Crippen molar-refractivity contribution < 1.29 is 27.9 Å². The highest BCUT2D eigenvalue weighted by Crippen LogP contribution is 2.19. The van der Waals surface area contributed by atoms with Crippen molar-refractivity contribution in [1.29, 1.82) is 0 Å². The number of hydrogen-bond acceptors (Lipinski definition) is 5. The van der Waals surface area contributed by atoms with Crippen molar-refractivity contribution in [3.8, 4) is 5.75 Å². The first-order chi connectivity index (χ1) is 9.87. The second kappa shape index (κ2) is 6.13. The molecule has 114 valence electrons. The van der Waals surface area contributed by atoms with Gasteiger partial charge in [-0.3, -0.25) is 9.69 Å². The first kappa shape index (κ1) is 15.3. The number of rotatable bonds is 4. The Bertz CT molecular complexity index is 627. The number of carboxylic acids is 1.